The van der Waals surface area contributed by atoms with Crippen molar-refractivity contribution in [1.82, 2.24) is 0 Å². The molecular weight excluding hydrogens is 256 g/mol. The van der Waals surface area contributed by atoms with Crippen molar-refractivity contribution in [2.75, 3.05) is 13.7 Å². The standard InChI is InChI=1S/C11H12N2O4S/c1-16-8-2-4-9(5-3-8)17-7-11-10(12)6-13-18(11,14)15/h2-6H,7,12H2,1H3. The third kappa shape index (κ3) is 2.45. The third-order valence-electron chi connectivity index (χ3n) is 2.39. The first-order valence-electron chi connectivity index (χ1n) is 5.09. The zero-order chi connectivity index (χ0) is 13.2. The number of nitrogens with two attached hydrogens (primary N) is 1. The van der Waals surface area contributed by atoms with Crippen molar-refractivity contribution in [1.29, 1.82) is 0 Å². The first-order chi connectivity index (χ1) is 8.53. The Balaban J connectivity index is 2.06. The summed E-state index contributed by atoms with van der Waals surface area (Å²) in [6.45, 7) is -0.138. The van der Waals surface area contributed by atoms with Gasteiger partial charge in [0.05, 0.1) is 19.0 Å². The highest BCUT2D eigenvalue weighted by Crippen LogP contribution is 2.21. The summed E-state index contributed by atoms with van der Waals surface area (Å²) in [6, 6.07) is 6.79. The molecule has 1 aliphatic heterocycles. The topological polar surface area (TPSA) is 91.0 Å². The zero-order valence-corrected chi connectivity index (χ0v) is 10.5. The minimum atomic E-state index is -3.64. The second-order valence-electron chi connectivity index (χ2n) is 3.55. The molecule has 0 bridgehead atoms. The second-order valence-corrected chi connectivity index (χ2v) is 5.21. The normalized spacial score (nSPS) is 16.9. The van der Waals surface area contributed by atoms with Crippen LogP contribution in [0.1, 0.15) is 0 Å². The van der Waals surface area contributed by atoms with Crippen molar-refractivity contribution in [2.45, 2.75) is 0 Å². The summed E-state index contributed by atoms with van der Waals surface area (Å²) in [7, 11) is -2.09. The van der Waals surface area contributed by atoms with Crippen molar-refractivity contribution in [2.24, 2.45) is 10.1 Å². The molecule has 6 nitrogen and oxygen atoms in total. The van der Waals surface area contributed by atoms with Gasteiger partial charge in [-0.15, -0.1) is 0 Å². The zero-order valence-electron chi connectivity index (χ0n) is 9.66. The SMILES string of the molecule is COc1ccc(OCC2=C(N)C=NS2(=O)=O)cc1. The van der Waals surface area contributed by atoms with Crippen molar-refractivity contribution in [3.8, 4) is 11.5 Å². The number of sulfonamides is 1. The van der Waals surface area contributed by atoms with Crippen molar-refractivity contribution < 1.29 is 17.9 Å². The number of benzene rings is 1. The lowest BCUT2D eigenvalue weighted by atomic mass is 10.3. The summed E-state index contributed by atoms with van der Waals surface area (Å²) in [5.41, 5.74) is 5.63. The molecule has 1 aromatic rings. The van der Waals surface area contributed by atoms with Gasteiger partial charge in [0.2, 0.25) is 0 Å². The Kier molecular flexibility index (Phi) is 3.24. The maximum Gasteiger partial charge on any atom is 0.284 e. The highest BCUT2D eigenvalue weighted by molar-refractivity contribution is 7.94. The highest BCUT2D eigenvalue weighted by Gasteiger charge is 2.25. The molecular formula is C11H12N2O4S. The van der Waals surface area contributed by atoms with Gasteiger partial charge in [0.1, 0.15) is 23.0 Å². The van der Waals surface area contributed by atoms with Crippen LogP contribution in [0.4, 0.5) is 0 Å². The van der Waals surface area contributed by atoms with Crippen LogP contribution < -0.4 is 15.2 Å². The van der Waals surface area contributed by atoms with E-state index >= 15 is 0 Å². The lowest BCUT2D eigenvalue weighted by Crippen LogP contribution is -2.12. The van der Waals surface area contributed by atoms with Crippen molar-refractivity contribution in [3.05, 3.63) is 34.9 Å². The molecule has 1 heterocycles. The lowest BCUT2D eigenvalue weighted by molar-refractivity contribution is 0.355. The summed E-state index contributed by atoms with van der Waals surface area (Å²) >= 11 is 0. The van der Waals surface area contributed by atoms with E-state index in [4.69, 9.17) is 15.2 Å². The third-order valence-corrected chi connectivity index (χ3v) is 3.75. The molecule has 0 aromatic heterocycles. The van der Waals surface area contributed by atoms with Gasteiger partial charge in [-0.3, -0.25) is 0 Å². The molecule has 0 amide bonds. The predicted molar refractivity (Wildman–Crippen MR) is 67.1 cm³/mol. The van der Waals surface area contributed by atoms with Crippen LogP contribution in [0.5, 0.6) is 11.5 Å². The maximum atomic E-state index is 11.5. The minimum absolute atomic E-state index is 0.0154. The van der Waals surface area contributed by atoms with Gasteiger partial charge >= 0.3 is 0 Å². The van der Waals surface area contributed by atoms with Gasteiger partial charge in [0, 0.05) is 0 Å². The van der Waals surface area contributed by atoms with E-state index in [0.717, 1.165) is 6.21 Å². The molecule has 0 fully saturated rings. The largest absolute Gasteiger partial charge is 0.497 e. The molecule has 1 aliphatic rings. The van der Waals surface area contributed by atoms with Crippen LogP contribution in [-0.4, -0.2) is 28.3 Å². The Morgan fingerprint density at radius 1 is 1.22 bits per heavy atom. The van der Waals surface area contributed by atoms with Gasteiger partial charge in [0.15, 0.2) is 0 Å². The van der Waals surface area contributed by atoms with Crippen LogP contribution in [0.2, 0.25) is 0 Å². The summed E-state index contributed by atoms with van der Waals surface area (Å²) < 4.78 is 36.6. The molecule has 0 unspecified atom stereocenters. The van der Waals surface area contributed by atoms with E-state index in [9.17, 15) is 8.42 Å². The fourth-order valence-electron chi connectivity index (χ4n) is 1.39. The van der Waals surface area contributed by atoms with Crippen LogP contribution in [0.3, 0.4) is 0 Å². The van der Waals surface area contributed by atoms with Gasteiger partial charge in [-0.25, -0.2) is 0 Å². The molecule has 0 saturated carbocycles. The molecule has 2 rings (SSSR count). The molecule has 0 saturated heterocycles. The summed E-state index contributed by atoms with van der Waals surface area (Å²) in [5, 5.41) is 0. The van der Waals surface area contributed by atoms with E-state index in [-0.39, 0.29) is 17.2 Å². The van der Waals surface area contributed by atoms with Crippen LogP contribution >= 0.6 is 0 Å². The van der Waals surface area contributed by atoms with E-state index in [1.807, 2.05) is 0 Å². The molecule has 18 heavy (non-hydrogen) atoms. The number of allylic oxidation sites excluding steroid dienone is 1. The van der Waals surface area contributed by atoms with E-state index in [1.54, 1.807) is 31.4 Å². The van der Waals surface area contributed by atoms with Crippen LogP contribution in [0.25, 0.3) is 0 Å². The van der Waals surface area contributed by atoms with Gasteiger partial charge in [0.25, 0.3) is 10.0 Å². The number of nitrogens with zero attached hydrogens (tertiary/aromatic N) is 1. The molecule has 2 N–H and O–H groups in total. The minimum Gasteiger partial charge on any atom is -0.497 e. The van der Waals surface area contributed by atoms with Crippen LogP contribution in [0, 0.1) is 0 Å². The molecule has 96 valence electrons. The summed E-state index contributed by atoms with van der Waals surface area (Å²) in [4.78, 5) is -0.0154. The Labute approximate surface area is 105 Å². The van der Waals surface area contributed by atoms with Gasteiger partial charge in [-0.1, -0.05) is 0 Å². The molecule has 0 atom stereocenters. The van der Waals surface area contributed by atoms with E-state index in [1.165, 1.54) is 0 Å². The van der Waals surface area contributed by atoms with Crippen molar-refractivity contribution in [3.63, 3.8) is 0 Å². The van der Waals surface area contributed by atoms with E-state index < -0.39 is 10.0 Å². The molecule has 1 aromatic carbocycles. The number of hydrogen-bond acceptors (Lipinski definition) is 5. The molecule has 0 aliphatic carbocycles. The highest BCUT2D eigenvalue weighted by atomic mass is 32.2. The van der Waals surface area contributed by atoms with Crippen molar-refractivity contribution >= 4 is 16.2 Å². The first-order valence-corrected chi connectivity index (χ1v) is 6.53. The fraction of sp³-hybridized carbons (Fsp3) is 0.182. The Morgan fingerprint density at radius 2 is 1.83 bits per heavy atom. The van der Waals surface area contributed by atoms with Gasteiger partial charge in [-0.05, 0) is 24.3 Å². The fourth-order valence-corrected chi connectivity index (χ4v) is 2.33. The monoisotopic (exact) mass is 268 g/mol. The van der Waals surface area contributed by atoms with Crippen LogP contribution in [0.15, 0.2) is 39.3 Å². The smallest absolute Gasteiger partial charge is 0.284 e. The predicted octanol–water partition coefficient (Wildman–Crippen LogP) is 0.659. The average Bonchev–Trinajstić information content (AvgIpc) is 2.62. The van der Waals surface area contributed by atoms with Gasteiger partial charge < -0.3 is 15.2 Å². The van der Waals surface area contributed by atoms with Crippen LogP contribution in [-0.2, 0) is 10.0 Å². The lowest BCUT2D eigenvalue weighted by Gasteiger charge is -2.07. The molecule has 0 radical (unpaired) electrons. The Bertz CT molecular complexity index is 602. The molecule has 7 heteroatoms. The number of ether oxygens (including phenoxy) is 2. The number of rotatable bonds is 4. The van der Waals surface area contributed by atoms with Gasteiger partial charge in [-0.2, -0.15) is 12.8 Å². The number of methoxy groups -OCH3 is 1. The first kappa shape index (κ1) is 12.4. The Hall–Kier alpha value is -2.02. The Morgan fingerprint density at radius 3 is 2.33 bits per heavy atom. The van der Waals surface area contributed by atoms with E-state index in [2.05, 4.69) is 4.40 Å². The second kappa shape index (κ2) is 4.69. The summed E-state index contributed by atoms with van der Waals surface area (Å²) in [5.74, 6) is 1.22. The van der Waals surface area contributed by atoms with E-state index in [0.29, 0.717) is 11.5 Å². The average molecular weight is 268 g/mol. The quantitative estimate of drug-likeness (QED) is 0.866. The summed E-state index contributed by atoms with van der Waals surface area (Å²) in [6.07, 6.45) is 1.11. The number of hydrogen-bond donors (Lipinski definition) is 1. The maximum absolute atomic E-state index is 11.5. The molecule has 0 spiro atoms.